The SMILES string of the molecule is CO/N=C1\C[C@@H](c2nc(C3CCN(C(C)=O)CC3)no2)N(C(=O)c2ccc(-c3ccccc3)cc2)C1. The molecule has 0 radical (unpaired) electrons. The Bertz CT molecular complexity index is 1250. The summed E-state index contributed by atoms with van der Waals surface area (Å²) in [5.74, 6) is 1.11. The van der Waals surface area contributed by atoms with E-state index < -0.39 is 6.04 Å². The average molecular weight is 488 g/mol. The maximum Gasteiger partial charge on any atom is 0.254 e. The first kappa shape index (κ1) is 23.7. The van der Waals surface area contributed by atoms with Crippen LogP contribution < -0.4 is 0 Å². The molecule has 9 nitrogen and oxygen atoms in total. The predicted octanol–water partition coefficient (Wildman–Crippen LogP) is 4.05. The van der Waals surface area contributed by atoms with Crippen LogP contribution in [-0.2, 0) is 9.63 Å². The van der Waals surface area contributed by atoms with E-state index in [1.54, 1.807) is 11.8 Å². The zero-order valence-corrected chi connectivity index (χ0v) is 20.5. The molecule has 2 aliphatic rings. The number of hydrogen-bond donors (Lipinski definition) is 0. The van der Waals surface area contributed by atoms with Gasteiger partial charge in [-0.2, -0.15) is 4.98 Å². The highest BCUT2D eigenvalue weighted by Gasteiger charge is 2.39. The lowest BCUT2D eigenvalue weighted by Gasteiger charge is -2.29. The van der Waals surface area contributed by atoms with E-state index >= 15 is 0 Å². The number of benzene rings is 2. The first-order valence-corrected chi connectivity index (χ1v) is 12.2. The average Bonchev–Trinajstić information content (AvgIpc) is 3.57. The highest BCUT2D eigenvalue weighted by molar-refractivity contribution is 6.00. The first-order chi connectivity index (χ1) is 17.5. The maximum atomic E-state index is 13.5. The van der Waals surface area contributed by atoms with Crippen LogP contribution in [0.15, 0.2) is 64.3 Å². The van der Waals surface area contributed by atoms with Gasteiger partial charge in [0, 0.05) is 37.9 Å². The Kier molecular flexibility index (Phi) is 6.79. The molecule has 0 aliphatic carbocycles. The molecular weight excluding hydrogens is 458 g/mol. The number of aromatic nitrogens is 2. The number of carbonyl (C=O) groups excluding carboxylic acids is 2. The van der Waals surface area contributed by atoms with E-state index in [1.165, 1.54) is 7.11 Å². The third-order valence-electron chi connectivity index (χ3n) is 6.93. The van der Waals surface area contributed by atoms with Gasteiger partial charge in [-0.05, 0) is 36.1 Å². The van der Waals surface area contributed by atoms with Gasteiger partial charge in [-0.1, -0.05) is 52.8 Å². The van der Waals surface area contributed by atoms with E-state index in [2.05, 4.69) is 15.3 Å². The van der Waals surface area contributed by atoms with Gasteiger partial charge in [0.05, 0.1) is 12.3 Å². The Balaban J connectivity index is 1.34. The number of rotatable bonds is 5. The molecule has 186 valence electrons. The van der Waals surface area contributed by atoms with E-state index in [0.29, 0.717) is 43.3 Å². The zero-order valence-electron chi connectivity index (χ0n) is 20.5. The lowest BCUT2D eigenvalue weighted by molar-refractivity contribution is -0.129. The second-order valence-electron chi connectivity index (χ2n) is 9.21. The van der Waals surface area contributed by atoms with Crippen molar-refractivity contribution in [3.05, 3.63) is 71.9 Å². The van der Waals surface area contributed by atoms with Crippen molar-refractivity contribution >= 4 is 17.5 Å². The van der Waals surface area contributed by atoms with E-state index in [-0.39, 0.29) is 17.7 Å². The van der Waals surface area contributed by atoms with Crippen LogP contribution in [-0.4, -0.2) is 64.2 Å². The molecule has 3 heterocycles. The standard InChI is InChI=1S/C27H29N5O4/c1-18(33)31-14-12-21(13-15-31)25-28-26(36-30-25)24-16-23(29-35-2)17-32(24)27(34)22-10-8-20(9-11-22)19-6-4-3-5-7-19/h3-11,21,24H,12-17H2,1-2H3/b29-23+/t24-/m0/s1. The molecule has 1 aromatic heterocycles. The summed E-state index contributed by atoms with van der Waals surface area (Å²) in [6.07, 6.45) is 2.04. The van der Waals surface area contributed by atoms with Crippen LogP contribution in [0.3, 0.4) is 0 Å². The summed E-state index contributed by atoms with van der Waals surface area (Å²) < 4.78 is 5.66. The van der Waals surface area contributed by atoms with Crippen LogP contribution in [0.25, 0.3) is 11.1 Å². The van der Waals surface area contributed by atoms with Gasteiger partial charge in [0.25, 0.3) is 5.91 Å². The van der Waals surface area contributed by atoms with Gasteiger partial charge in [0.1, 0.15) is 13.2 Å². The van der Waals surface area contributed by atoms with Crippen LogP contribution in [0.1, 0.15) is 60.2 Å². The van der Waals surface area contributed by atoms with Crippen molar-refractivity contribution in [2.45, 2.75) is 38.1 Å². The van der Waals surface area contributed by atoms with Crippen molar-refractivity contribution in [3.8, 4) is 11.1 Å². The van der Waals surface area contributed by atoms with Crippen molar-refractivity contribution in [1.29, 1.82) is 0 Å². The Labute approximate surface area is 209 Å². The minimum absolute atomic E-state index is 0.0871. The summed E-state index contributed by atoms with van der Waals surface area (Å²) >= 11 is 0. The van der Waals surface area contributed by atoms with Crippen molar-refractivity contribution in [2.75, 3.05) is 26.7 Å². The summed E-state index contributed by atoms with van der Waals surface area (Å²) in [5, 5.41) is 8.33. The number of nitrogens with zero attached hydrogens (tertiary/aromatic N) is 5. The summed E-state index contributed by atoms with van der Waals surface area (Å²) in [6, 6.07) is 17.2. The second kappa shape index (κ2) is 10.3. The molecule has 0 bridgehead atoms. The smallest absolute Gasteiger partial charge is 0.254 e. The third-order valence-corrected chi connectivity index (χ3v) is 6.93. The van der Waals surface area contributed by atoms with Crippen LogP contribution in [0.5, 0.6) is 0 Å². The fourth-order valence-electron chi connectivity index (χ4n) is 4.94. The van der Waals surface area contributed by atoms with E-state index in [0.717, 1.165) is 29.7 Å². The van der Waals surface area contributed by atoms with Crippen LogP contribution in [0, 0.1) is 0 Å². The molecule has 0 unspecified atom stereocenters. The molecule has 3 aromatic rings. The van der Waals surface area contributed by atoms with Crippen molar-refractivity contribution in [1.82, 2.24) is 19.9 Å². The Morgan fingerprint density at radius 1 is 1.03 bits per heavy atom. The molecular formula is C27H29N5O4. The molecule has 5 rings (SSSR count). The largest absolute Gasteiger partial charge is 0.399 e. The van der Waals surface area contributed by atoms with E-state index in [4.69, 9.17) is 9.36 Å². The first-order valence-electron chi connectivity index (χ1n) is 12.2. The number of likely N-dealkylation sites (tertiary alicyclic amines) is 2. The predicted molar refractivity (Wildman–Crippen MR) is 133 cm³/mol. The number of hydrogen-bond acceptors (Lipinski definition) is 7. The van der Waals surface area contributed by atoms with Gasteiger partial charge >= 0.3 is 0 Å². The number of oxime groups is 1. The topological polar surface area (TPSA) is 101 Å². The molecule has 0 N–H and O–H groups in total. The molecule has 9 heteroatoms. The molecule has 36 heavy (non-hydrogen) atoms. The van der Waals surface area contributed by atoms with Crippen LogP contribution in [0.4, 0.5) is 0 Å². The maximum absolute atomic E-state index is 13.5. The lowest BCUT2D eigenvalue weighted by atomic mass is 9.96. The van der Waals surface area contributed by atoms with Gasteiger partial charge in [0.2, 0.25) is 11.8 Å². The van der Waals surface area contributed by atoms with Crippen molar-refractivity contribution in [3.63, 3.8) is 0 Å². The molecule has 2 fully saturated rings. The van der Waals surface area contributed by atoms with Gasteiger partial charge in [-0.3, -0.25) is 9.59 Å². The fraction of sp³-hybridized carbons (Fsp3) is 0.370. The third kappa shape index (κ3) is 4.86. The lowest BCUT2D eigenvalue weighted by Crippen LogP contribution is -2.36. The summed E-state index contributed by atoms with van der Waals surface area (Å²) in [5.41, 5.74) is 3.46. The fourth-order valence-corrected chi connectivity index (χ4v) is 4.94. The summed E-state index contributed by atoms with van der Waals surface area (Å²) in [4.78, 5) is 38.4. The van der Waals surface area contributed by atoms with Crippen molar-refractivity contribution < 1.29 is 18.9 Å². The second-order valence-corrected chi connectivity index (χ2v) is 9.21. The number of piperidine rings is 1. The van der Waals surface area contributed by atoms with Gasteiger partial charge in [0.15, 0.2) is 5.82 Å². The Hall–Kier alpha value is -4.01. The molecule has 2 aromatic carbocycles. The Morgan fingerprint density at radius 3 is 2.39 bits per heavy atom. The van der Waals surface area contributed by atoms with Gasteiger partial charge < -0.3 is 19.2 Å². The quantitative estimate of drug-likeness (QED) is 0.503. The van der Waals surface area contributed by atoms with Gasteiger partial charge in [-0.15, -0.1) is 0 Å². The van der Waals surface area contributed by atoms with E-state index in [1.807, 2.05) is 59.5 Å². The molecule has 2 amide bonds. The van der Waals surface area contributed by atoms with Crippen LogP contribution in [0.2, 0.25) is 0 Å². The molecule has 0 saturated carbocycles. The summed E-state index contributed by atoms with van der Waals surface area (Å²) in [7, 11) is 1.49. The Morgan fingerprint density at radius 2 is 1.72 bits per heavy atom. The summed E-state index contributed by atoms with van der Waals surface area (Å²) in [6.45, 7) is 3.28. The molecule has 2 aliphatic heterocycles. The number of carbonyl (C=O) groups is 2. The highest BCUT2D eigenvalue weighted by atomic mass is 16.6. The number of amides is 2. The molecule has 2 saturated heterocycles. The molecule has 0 spiro atoms. The zero-order chi connectivity index (χ0) is 25.1. The molecule has 1 atom stereocenters. The minimum Gasteiger partial charge on any atom is -0.399 e. The van der Waals surface area contributed by atoms with Gasteiger partial charge in [-0.25, -0.2) is 0 Å². The normalized spacial score (nSPS) is 19.6. The van der Waals surface area contributed by atoms with Crippen LogP contribution >= 0.6 is 0 Å². The highest BCUT2D eigenvalue weighted by Crippen LogP contribution is 2.34. The monoisotopic (exact) mass is 487 g/mol. The minimum atomic E-state index is -0.418. The van der Waals surface area contributed by atoms with Crippen molar-refractivity contribution in [2.24, 2.45) is 5.16 Å². The van der Waals surface area contributed by atoms with E-state index in [9.17, 15) is 9.59 Å².